The van der Waals surface area contributed by atoms with Gasteiger partial charge in [0.2, 0.25) is 0 Å². The van der Waals surface area contributed by atoms with E-state index < -0.39 is 5.97 Å². The molecule has 0 saturated heterocycles. The van der Waals surface area contributed by atoms with Gasteiger partial charge in [0.25, 0.3) is 5.91 Å². The van der Waals surface area contributed by atoms with Crippen molar-refractivity contribution in [2.75, 3.05) is 25.1 Å². The van der Waals surface area contributed by atoms with Gasteiger partial charge in [-0.05, 0) is 50.2 Å². The van der Waals surface area contributed by atoms with Crippen LogP contribution >= 0.6 is 23.6 Å². The standard InChI is InChI=1S/C21H23N3O5S2/c1-3-28-19(26)16-14-10-11-24(21(27)29-4-2)12-15(14)31-18(16)23-20(30)22-17(25)13-8-6-5-7-9-13/h5-9H,3-4,10-12H2,1-2H3,(H2,22,23,25,30). The van der Waals surface area contributed by atoms with Gasteiger partial charge in [-0.2, -0.15) is 0 Å². The van der Waals surface area contributed by atoms with E-state index in [0.29, 0.717) is 42.2 Å². The van der Waals surface area contributed by atoms with Crippen LogP contribution in [0.2, 0.25) is 0 Å². The topological polar surface area (TPSA) is 97.0 Å². The van der Waals surface area contributed by atoms with Gasteiger partial charge in [0, 0.05) is 17.0 Å². The highest BCUT2D eigenvalue weighted by molar-refractivity contribution is 7.80. The maximum Gasteiger partial charge on any atom is 0.410 e. The van der Waals surface area contributed by atoms with Crippen LogP contribution in [-0.2, 0) is 22.4 Å². The number of thiophene rings is 1. The monoisotopic (exact) mass is 461 g/mol. The number of rotatable bonds is 5. The Morgan fingerprint density at radius 2 is 1.84 bits per heavy atom. The molecule has 10 heteroatoms. The van der Waals surface area contributed by atoms with Gasteiger partial charge in [0.15, 0.2) is 5.11 Å². The summed E-state index contributed by atoms with van der Waals surface area (Å²) < 4.78 is 10.3. The van der Waals surface area contributed by atoms with Gasteiger partial charge in [-0.15, -0.1) is 11.3 Å². The van der Waals surface area contributed by atoms with Crippen molar-refractivity contribution in [3.05, 3.63) is 51.9 Å². The van der Waals surface area contributed by atoms with Gasteiger partial charge in [-0.3, -0.25) is 10.1 Å². The number of anilines is 1. The fourth-order valence-corrected chi connectivity index (χ4v) is 4.70. The summed E-state index contributed by atoms with van der Waals surface area (Å²) in [5.74, 6) is -0.824. The summed E-state index contributed by atoms with van der Waals surface area (Å²) in [6.45, 7) is 4.77. The summed E-state index contributed by atoms with van der Waals surface area (Å²) in [6.07, 6.45) is 0.100. The summed E-state index contributed by atoms with van der Waals surface area (Å²) in [7, 11) is 0. The molecule has 8 nitrogen and oxygen atoms in total. The Balaban J connectivity index is 1.81. The SMILES string of the molecule is CCOC(=O)c1c(NC(=S)NC(=O)c2ccccc2)sc2c1CCN(C(=O)OCC)C2. The highest BCUT2D eigenvalue weighted by Crippen LogP contribution is 2.37. The number of hydrogen-bond acceptors (Lipinski definition) is 7. The average molecular weight is 462 g/mol. The van der Waals surface area contributed by atoms with Gasteiger partial charge >= 0.3 is 12.1 Å². The zero-order valence-corrected chi connectivity index (χ0v) is 18.9. The molecule has 0 radical (unpaired) electrons. The van der Waals surface area contributed by atoms with Crippen LogP contribution in [0, 0.1) is 0 Å². The van der Waals surface area contributed by atoms with E-state index in [-0.39, 0.29) is 23.7 Å². The minimum Gasteiger partial charge on any atom is -0.462 e. The summed E-state index contributed by atoms with van der Waals surface area (Å²) in [5.41, 5.74) is 1.68. The highest BCUT2D eigenvalue weighted by atomic mass is 32.1. The van der Waals surface area contributed by atoms with Crippen LogP contribution in [0.4, 0.5) is 9.80 Å². The van der Waals surface area contributed by atoms with Gasteiger partial charge in [0.1, 0.15) is 5.00 Å². The van der Waals surface area contributed by atoms with Crippen molar-refractivity contribution in [1.29, 1.82) is 0 Å². The van der Waals surface area contributed by atoms with E-state index in [2.05, 4.69) is 10.6 Å². The third-order valence-electron chi connectivity index (χ3n) is 4.55. The van der Waals surface area contributed by atoms with Crippen molar-refractivity contribution >= 4 is 51.6 Å². The van der Waals surface area contributed by atoms with E-state index in [4.69, 9.17) is 21.7 Å². The molecule has 0 saturated carbocycles. The molecule has 31 heavy (non-hydrogen) atoms. The van der Waals surface area contributed by atoms with Crippen molar-refractivity contribution in [2.24, 2.45) is 0 Å². The first kappa shape index (κ1) is 22.7. The molecule has 0 bridgehead atoms. The van der Waals surface area contributed by atoms with Crippen molar-refractivity contribution in [2.45, 2.75) is 26.8 Å². The molecule has 0 fully saturated rings. The van der Waals surface area contributed by atoms with Crippen molar-refractivity contribution in [3.63, 3.8) is 0 Å². The molecule has 2 N–H and O–H groups in total. The van der Waals surface area contributed by atoms with Crippen molar-refractivity contribution in [3.8, 4) is 0 Å². The van der Waals surface area contributed by atoms with Gasteiger partial charge < -0.3 is 19.7 Å². The van der Waals surface area contributed by atoms with Crippen LogP contribution in [0.25, 0.3) is 0 Å². The minimum atomic E-state index is -0.468. The quantitative estimate of drug-likeness (QED) is 0.519. The molecule has 0 spiro atoms. The summed E-state index contributed by atoms with van der Waals surface area (Å²) in [6, 6.07) is 8.68. The Morgan fingerprint density at radius 1 is 1.13 bits per heavy atom. The van der Waals surface area contributed by atoms with Crippen LogP contribution in [0.3, 0.4) is 0 Å². The number of carbonyl (C=O) groups excluding carboxylic acids is 3. The Bertz CT molecular complexity index is 990. The predicted octanol–water partition coefficient (Wildman–Crippen LogP) is 3.57. The van der Waals surface area contributed by atoms with E-state index >= 15 is 0 Å². The smallest absolute Gasteiger partial charge is 0.410 e. The second-order valence-corrected chi connectivity index (χ2v) is 8.09. The first-order valence-electron chi connectivity index (χ1n) is 9.85. The normalized spacial score (nSPS) is 12.5. The molecule has 164 valence electrons. The molecule has 2 heterocycles. The molecule has 1 aliphatic rings. The second-order valence-electron chi connectivity index (χ2n) is 6.57. The summed E-state index contributed by atoms with van der Waals surface area (Å²) in [4.78, 5) is 39.6. The number of esters is 1. The molecule has 0 unspecified atom stereocenters. The van der Waals surface area contributed by atoms with Gasteiger partial charge in [-0.25, -0.2) is 9.59 Å². The molecule has 3 rings (SSSR count). The first-order chi connectivity index (χ1) is 14.9. The van der Waals surface area contributed by atoms with Gasteiger partial charge in [0.05, 0.1) is 25.3 Å². The number of carbonyl (C=O) groups is 3. The molecule has 0 atom stereocenters. The molecule has 1 aliphatic heterocycles. The fourth-order valence-electron chi connectivity index (χ4n) is 3.18. The summed E-state index contributed by atoms with van der Waals surface area (Å²) in [5, 5.41) is 6.13. The number of ether oxygens (including phenoxy) is 2. The molecular formula is C21H23N3O5S2. The number of nitrogens with one attached hydrogen (secondary N) is 2. The lowest BCUT2D eigenvalue weighted by Crippen LogP contribution is -2.36. The highest BCUT2D eigenvalue weighted by Gasteiger charge is 2.31. The van der Waals surface area contributed by atoms with Crippen LogP contribution < -0.4 is 10.6 Å². The number of nitrogens with zero attached hydrogens (tertiary/aromatic N) is 1. The molecular weight excluding hydrogens is 438 g/mol. The van der Waals surface area contributed by atoms with Gasteiger partial charge in [-0.1, -0.05) is 18.2 Å². The number of hydrogen-bond donors (Lipinski definition) is 2. The van der Waals surface area contributed by atoms with Crippen LogP contribution in [0.15, 0.2) is 30.3 Å². The lowest BCUT2D eigenvalue weighted by Gasteiger charge is -2.26. The molecule has 2 amide bonds. The van der Waals surface area contributed by atoms with Crippen LogP contribution in [-0.4, -0.2) is 47.7 Å². The Morgan fingerprint density at radius 3 is 2.52 bits per heavy atom. The molecule has 1 aromatic heterocycles. The lowest BCUT2D eigenvalue weighted by molar-refractivity contribution is 0.0526. The zero-order chi connectivity index (χ0) is 22.4. The Kier molecular flexibility index (Phi) is 7.59. The number of fused-ring (bicyclic) bond motifs is 1. The van der Waals surface area contributed by atoms with E-state index in [1.54, 1.807) is 43.0 Å². The largest absolute Gasteiger partial charge is 0.462 e. The molecule has 0 aliphatic carbocycles. The summed E-state index contributed by atoms with van der Waals surface area (Å²) >= 11 is 6.60. The lowest BCUT2D eigenvalue weighted by atomic mass is 10.0. The van der Waals surface area contributed by atoms with E-state index in [1.807, 2.05) is 6.07 Å². The maximum absolute atomic E-state index is 12.7. The van der Waals surface area contributed by atoms with E-state index in [0.717, 1.165) is 10.4 Å². The van der Waals surface area contributed by atoms with Crippen molar-refractivity contribution in [1.82, 2.24) is 10.2 Å². The minimum absolute atomic E-state index is 0.0697. The number of amides is 2. The Labute approximate surface area is 189 Å². The fraction of sp³-hybridized carbons (Fsp3) is 0.333. The zero-order valence-electron chi connectivity index (χ0n) is 17.2. The van der Waals surface area contributed by atoms with Crippen molar-refractivity contribution < 1.29 is 23.9 Å². The molecule has 1 aromatic carbocycles. The second kappa shape index (κ2) is 10.4. The average Bonchev–Trinajstić information content (AvgIpc) is 3.11. The Hall–Kier alpha value is -2.98. The first-order valence-corrected chi connectivity index (χ1v) is 11.1. The number of thiocarbonyl (C=S) groups is 1. The number of benzene rings is 1. The van der Waals surface area contributed by atoms with Crippen LogP contribution in [0.5, 0.6) is 0 Å². The molecule has 2 aromatic rings. The maximum atomic E-state index is 12.7. The predicted molar refractivity (Wildman–Crippen MR) is 122 cm³/mol. The third kappa shape index (κ3) is 5.39. The van der Waals surface area contributed by atoms with Crippen LogP contribution in [0.1, 0.15) is 45.0 Å². The van der Waals surface area contributed by atoms with E-state index in [1.165, 1.54) is 11.3 Å². The third-order valence-corrected chi connectivity index (χ3v) is 5.89. The van der Waals surface area contributed by atoms with E-state index in [9.17, 15) is 14.4 Å².